The van der Waals surface area contributed by atoms with Gasteiger partial charge in [-0.1, -0.05) is 12.1 Å². The van der Waals surface area contributed by atoms with Gasteiger partial charge >= 0.3 is 0 Å². The molecule has 8 heteroatoms. The minimum atomic E-state index is -3.47. The van der Waals surface area contributed by atoms with Gasteiger partial charge in [-0.15, -0.1) is 0 Å². The van der Waals surface area contributed by atoms with Crippen molar-refractivity contribution in [2.45, 2.75) is 36.7 Å². The Morgan fingerprint density at radius 1 is 1.15 bits per heavy atom. The van der Waals surface area contributed by atoms with E-state index >= 15 is 0 Å². The first-order valence-corrected chi connectivity index (χ1v) is 10.5. The van der Waals surface area contributed by atoms with Crippen LogP contribution in [-0.2, 0) is 30.7 Å². The van der Waals surface area contributed by atoms with Gasteiger partial charge in [0, 0.05) is 32.7 Å². The van der Waals surface area contributed by atoms with Gasteiger partial charge in [-0.05, 0) is 37.0 Å². The Bertz CT molecular complexity index is 693. The summed E-state index contributed by atoms with van der Waals surface area (Å²) in [6.45, 7) is 2.97. The Balaban J connectivity index is 1.48. The van der Waals surface area contributed by atoms with Crippen LogP contribution in [0.1, 0.15) is 24.8 Å². The zero-order valence-corrected chi connectivity index (χ0v) is 15.7. The molecule has 2 heterocycles. The van der Waals surface area contributed by atoms with Crippen molar-refractivity contribution in [1.82, 2.24) is 9.62 Å². The third-order valence-electron chi connectivity index (χ3n) is 4.72. The lowest BCUT2D eigenvalue weighted by molar-refractivity contribution is -0.121. The molecule has 1 atom stereocenters. The first-order valence-electron chi connectivity index (χ1n) is 9.11. The molecule has 0 unspecified atom stereocenters. The van der Waals surface area contributed by atoms with Crippen LogP contribution in [0.25, 0.3) is 0 Å². The molecule has 1 aromatic carbocycles. The third-order valence-corrected chi connectivity index (χ3v) is 6.64. The van der Waals surface area contributed by atoms with Gasteiger partial charge in [0.1, 0.15) is 0 Å². The minimum Gasteiger partial charge on any atom is -0.379 e. The van der Waals surface area contributed by atoms with Gasteiger partial charge in [0.15, 0.2) is 0 Å². The number of rotatable bonds is 7. The van der Waals surface area contributed by atoms with Gasteiger partial charge in [0.25, 0.3) is 0 Å². The maximum atomic E-state index is 12.6. The van der Waals surface area contributed by atoms with Crippen molar-refractivity contribution in [2.24, 2.45) is 0 Å². The normalized spacial score (nSPS) is 21.6. The fourth-order valence-electron chi connectivity index (χ4n) is 3.14. The highest BCUT2D eigenvalue weighted by Crippen LogP contribution is 2.18. The summed E-state index contributed by atoms with van der Waals surface area (Å²) in [6, 6.07) is 6.79. The topological polar surface area (TPSA) is 84.9 Å². The van der Waals surface area contributed by atoms with E-state index in [1.165, 1.54) is 4.31 Å². The number of nitrogens with zero attached hydrogens (tertiary/aromatic N) is 1. The maximum absolute atomic E-state index is 12.6. The average molecular weight is 382 g/mol. The fourth-order valence-corrected chi connectivity index (χ4v) is 4.55. The summed E-state index contributed by atoms with van der Waals surface area (Å²) in [7, 11) is -3.47. The minimum absolute atomic E-state index is 0.00878. The predicted molar refractivity (Wildman–Crippen MR) is 96.3 cm³/mol. The number of hydrogen-bond donors (Lipinski definition) is 1. The van der Waals surface area contributed by atoms with Crippen molar-refractivity contribution in [1.29, 1.82) is 0 Å². The van der Waals surface area contributed by atoms with Crippen LogP contribution in [0.3, 0.4) is 0 Å². The fraction of sp³-hybridized carbons (Fsp3) is 0.611. The molecule has 2 saturated heterocycles. The molecule has 144 valence electrons. The number of morpholine rings is 1. The molecule has 2 fully saturated rings. The van der Waals surface area contributed by atoms with Crippen LogP contribution in [0.15, 0.2) is 29.2 Å². The van der Waals surface area contributed by atoms with Crippen molar-refractivity contribution < 1.29 is 22.7 Å². The zero-order chi connectivity index (χ0) is 18.4. The highest BCUT2D eigenvalue weighted by molar-refractivity contribution is 7.89. The second-order valence-electron chi connectivity index (χ2n) is 6.60. The summed E-state index contributed by atoms with van der Waals surface area (Å²) in [5, 5.41) is 2.90. The van der Waals surface area contributed by atoms with E-state index in [0.29, 0.717) is 45.7 Å². The summed E-state index contributed by atoms with van der Waals surface area (Å²) < 4.78 is 37.3. The molecule has 0 aliphatic carbocycles. The highest BCUT2D eigenvalue weighted by atomic mass is 32.2. The van der Waals surface area contributed by atoms with Crippen LogP contribution >= 0.6 is 0 Å². The van der Waals surface area contributed by atoms with E-state index in [2.05, 4.69) is 5.32 Å². The monoisotopic (exact) mass is 382 g/mol. The van der Waals surface area contributed by atoms with Crippen LogP contribution in [0.5, 0.6) is 0 Å². The standard InChI is InChI=1S/C18H26N2O5S/c21-18(19-14-16-2-1-11-25-16)8-5-15-3-6-17(7-4-15)26(22,23)20-9-12-24-13-10-20/h3-4,6-7,16H,1-2,5,8-14H2,(H,19,21)/t16-/m1/s1. The molecule has 0 saturated carbocycles. The predicted octanol–water partition coefficient (Wildman–Crippen LogP) is 0.935. The van der Waals surface area contributed by atoms with Crippen molar-refractivity contribution in [3.05, 3.63) is 29.8 Å². The molecule has 2 aliphatic rings. The smallest absolute Gasteiger partial charge is 0.243 e. The molecular formula is C18H26N2O5S. The van der Waals surface area contributed by atoms with Crippen molar-refractivity contribution in [3.63, 3.8) is 0 Å². The lowest BCUT2D eigenvalue weighted by Crippen LogP contribution is -2.40. The van der Waals surface area contributed by atoms with E-state index in [0.717, 1.165) is 25.0 Å². The Kier molecular flexibility index (Phi) is 6.63. The summed E-state index contributed by atoms with van der Waals surface area (Å²) >= 11 is 0. The van der Waals surface area contributed by atoms with Crippen molar-refractivity contribution in [2.75, 3.05) is 39.5 Å². The van der Waals surface area contributed by atoms with Crippen molar-refractivity contribution >= 4 is 15.9 Å². The van der Waals surface area contributed by atoms with Gasteiger partial charge in [0.05, 0.1) is 24.2 Å². The molecule has 26 heavy (non-hydrogen) atoms. The summed E-state index contributed by atoms with van der Waals surface area (Å²) in [6.07, 6.45) is 3.15. The number of benzene rings is 1. The van der Waals surface area contributed by atoms with Crippen LogP contribution in [0, 0.1) is 0 Å². The summed E-state index contributed by atoms with van der Waals surface area (Å²) in [5.74, 6) is -0.00878. The number of ether oxygens (including phenoxy) is 2. The molecule has 0 aromatic heterocycles. The molecule has 1 amide bonds. The van der Waals surface area contributed by atoms with Crippen LogP contribution < -0.4 is 5.32 Å². The molecule has 1 aromatic rings. The number of amides is 1. The molecule has 0 radical (unpaired) electrons. The lowest BCUT2D eigenvalue weighted by Gasteiger charge is -2.26. The molecule has 3 rings (SSSR count). The third kappa shape index (κ3) is 5.03. The Labute approximate surface area is 154 Å². The summed E-state index contributed by atoms with van der Waals surface area (Å²) in [5.41, 5.74) is 0.943. The summed E-state index contributed by atoms with van der Waals surface area (Å²) in [4.78, 5) is 12.2. The Morgan fingerprint density at radius 2 is 1.88 bits per heavy atom. The van der Waals surface area contributed by atoms with Gasteiger partial charge < -0.3 is 14.8 Å². The zero-order valence-electron chi connectivity index (χ0n) is 14.9. The quantitative estimate of drug-likeness (QED) is 0.759. The van der Waals surface area contributed by atoms with Crippen LogP contribution in [0.2, 0.25) is 0 Å². The number of sulfonamides is 1. The van der Waals surface area contributed by atoms with E-state index in [4.69, 9.17) is 9.47 Å². The molecule has 1 N–H and O–H groups in total. The number of carbonyl (C=O) groups is 1. The Morgan fingerprint density at radius 3 is 2.54 bits per heavy atom. The molecule has 2 aliphatic heterocycles. The second-order valence-corrected chi connectivity index (χ2v) is 8.54. The first kappa shape index (κ1) is 19.3. The Hall–Kier alpha value is -1.48. The number of hydrogen-bond acceptors (Lipinski definition) is 5. The average Bonchev–Trinajstić information content (AvgIpc) is 3.19. The maximum Gasteiger partial charge on any atom is 0.243 e. The number of nitrogens with one attached hydrogen (secondary N) is 1. The molecule has 7 nitrogen and oxygen atoms in total. The van der Waals surface area contributed by atoms with E-state index in [9.17, 15) is 13.2 Å². The van der Waals surface area contributed by atoms with E-state index < -0.39 is 10.0 Å². The van der Waals surface area contributed by atoms with Gasteiger partial charge in [0.2, 0.25) is 15.9 Å². The SMILES string of the molecule is O=C(CCc1ccc(S(=O)(=O)N2CCOCC2)cc1)NC[C@H]1CCCO1. The van der Waals surface area contributed by atoms with E-state index in [1.807, 2.05) is 0 Å². The second kappa shape index (κ2) is 8.94. The number of carbonyl (C=O) groups excluding carboxylic acids is 1. The molecule has 0 spiro atoms. The molecular weight excluding hydrogens is 356 g/mol. The van der Waals surface area contributed by atoms with Crippen molar-refractivity contribution in [3.8, 4) is 0 Å². The largest absolute Gasteiger partial charge is 0.379 e. The molecule has 0 bridgehead atoms. The first-order chi connectivity index (χ1) is 12.6. The van der Waals surface area contributed by atoms with Crippen LogP contribution in [0.4, 0.5) is 0 Å². The lowest BCUT2D eigenvalue weighted by atomic mass is 10.1. The van der Waals surface area contributed by atoms with E-state index in [-0.39, 0.29) is 16.9 Å². The number of aryl methyl sites for hydroxylation is 1. The van der Waals surface area contributed by atoms with Gasteiger partial charge in [-0.25, -0.2) is 8.42 Å². The van der Waals surface area contributed by atoms with Crippen LogP contribution in [-0.4, -0.2) is 64.2 Å². The van der Waals surface area contributed by atoms with Gasteiger partial charge in [-0.3, -0.25) is 4.79 Å². The van der Waals surface area contributed by atoms with Gasteiger partial charge in [-0.2, -0.15) is 4.31 Å². The highest BCUT2D eigenvalue weighted by Gasteiger charge is 2.26. The van der Waals surface area contributed by atoms with E-state index in [1.54, 1.807) is 24.3 Å².